The molecule has 0 aliphatic heterocycles. The first-order valence-electron chi connectivity index (χ1n) is 6.22. The highest BCUT2D eigenvalue weighted by atomic mass is 16.5. The van der Waals surface area contributed by atoms with Crippen molar-refractivity contribution in [3.05, 3.63) is 29.8 Å². The summed E-state index contributed by atoms with van der Waals surface area (Å²) < 4.78 is 5.22. The van der Waals surface area contributed by atoms with E-state index in [1.165, 1.54) is 18.4 Å². The molecule has 0 heterocycles. The molecule has 0 saturated heterocycles. The molecule has 3 nitrogen and oxygen atoms in total. The van der Waals surface area contributed by atoms with Gasteiger partial charge in [-0.3, -0.25) is 0 Å². The van der Waals surface area contributed by atoms with Crippen LogP contribution in [0.4, 0.5) is 0 Å². The summed E-state index contributed by atoms with van der Waals surface area (Å²) in [5, 5.41) is 3.17. The van der Waals surface area contributed by atoms with Crippen LogP contribution >= 0.6 is 0 Å². The molecule has 0 aliphatic rings. The van der Waals surface area contributed by atoms with E-state index in [-0.39, 0.29) is 0 Å². The van der Waals surface area contributed by atoms with Crippen molar-refractivity contribution in [3.8, 4) is 5.75 Å². The minimum atomic E-state index is 0.936. The fraction of sp³-hybridized carbons (Fsp3) is 0.571. The Balaban J connectivity index is 2.31. The van der Waals surface area contributed by atoms with Gasteiger partial charge in [0.15, 0.2) is 0 Å². The third kappa shape index (κ3) is 5.71. The summed E-state index contributed by atoms with van der Waals surface area (Å²) in [7, 11) is 5.87. The number of nitrogens with zero attached hydrogens (tertiary/aromatic N) is 1. The Bertz CT molecular complexity index is 315. The van der Waals surface area contributed by atoms with Crippen LogP contribution in [0, 0.1) is 0 Å². The van der Waals surface area contributed by atoms with E-state index < -0.39 is 0 Å². The minimum Gasteiger partial charge on any atom is -0.497 e. The zero-order valence-electron chi connectivity index (χ0n) is 11.2. The van der Waals surface area contributed by atoms with E-state index in [1.807, 2.05) is 19.2 Å². The highest BCUT2D eigenvalue weighted by molar-refractivity contribution is 5.28. The molecular weight excluding hydrogens is 212 g/mol. The van der Waals surface area contributed by atoms with Crippen molar-refractivity contribution in [1.29, 1.82) is 0 Å². The Kier molecular flexibility index (Phi) is 6.67. The van der Waals surface area contributed by atoms with E-state index in [0.29, 0.717) is 0 Å². The van der Waals surface area contributed by atoms with Crippen molar-refractivity contribution in [1.82, 2.24) is 10.2 Å². The van der Waals surface area contributed by atoms with Crippen molar-refractivity contribution in [2.75, 3.05) is 34.3 Å². The molecule has 0 fully saturated rings. The first kappa shape index (κ1) is 14.0. The first-order valence-corrected chi connectivity index (χ1v) is 6.22. The van der Waals surface area contributed by atoms with Crippen LogP contribution in [0.15, 0.2) is 24.3 Å². The van der Waals surface area contributed by atoms with Crippen LogP contribution in [-0.2, 0) is 6.54 Å². The van der Waals surface area contributed by atoms with Gasteiger partial charge in [0.1, 0.15) is 5.75 Å². The molecular formula is C14H24N2O. The average Bonchev–Trinajstić information content (AvgIpc) is 2.35. The molecule has 0 bridgehead atoms. The summed E-state index contributed by atoms with van der Waals surface area (Å²) in [5.41, 5.74) is 1.31. The molecule has 0 radical (unpaired) electrons. The van der Waals surface area contributed by atoms with Crippen LogP contribution in [0.2, 0.25) is 0 Å². The van der Waals surface area contributed by atoms with E-state index in [1.54, 1.807) is 7.11 Å². The molecule has 0 atom stereocenters. The lowest BCUT2D eigenvalue weighted by atomic mass is 10.2. The van der Waals surface area contributed by atoms with Gasteiger partial charge in [-0.2, -0.15) is 0 Å². The second-order valence-electron chi connectivity index (χ2n) is 4.40. The Morgan fingerprint density at radius 3 is 2.82 bits per heavy atom. The van der Waals surface area contributed by atoms with Gasteiger partial charge >= 0.3 is 0 Å². The molecule has 0 aromatic heterocycles. The van der Waals surface area contributed by atoms with Crippen LogP contribution in [-0.4, -0.2) is 39.2 Å². The lowest BCUT2D eigenvalue weighted by molar-refractivity contribution is 0.317. The van der Waals surface area contributed by atoms with E-state index in [2.05, 4.69) is 29.4 Å². The van der Waals surface area contributed by atoms with Crippen LogP contribution < -0.4 is 10.1 Å². The van der Waals surface area contributed by atoms with Crippen LogP contribution in [0.3, 0.4) is 0 Å². The van der Waals surface area contributed by atoms with Crippen molar-refractivity contribution >= 4 is 0 Å². The highest BCUT2D eigenvalue weighted by Crippen LogP contribution is 2.13. The summed E-state index contributed by atoms with van der Waals surface area (Å²) in [6.45, 7) is 3.22. The molecule has 96 valence electrons. The van der Waals surface area contributed by atoms with Gasteiger partial charge in [0.25, 0.3) is 0 Å². The lowest BCUT2D eigenvalue weighted by Crippen LogP contribution is -2.20. The van der Waals surface area contributed by atoms with E-state index >= 15 is 0 Å². The van der Waals surface area contributed by atoms with Crippen LogP contribution in [0.5, 0.6) is 5.75 Å². The second-order valence-corrected chi connectivity index (χ2v) is 4.40. The number of nitrogens with one attached hydrogen (secondary N) is 1. The molecule has 1 aromatic carbocycles. The Morgan fingerprint density at radius 1 is 1.29 bits per heavy atom. The SMILES string of the molecule is CNCCCCN(C)Cc1cccc(OC)c1. The van der Waals surface area contributed by atoms with Gasteiger partial charge in [-0.25, -0.2) is 0 Å². The molecule has 17 heavy (non-hydrogen) atoms. The Morgan fingerprint density at radius 2 is 2.12 bits per heavy atom. The van der Waals surface area contributed by atoms with Crippen molar-refractivity contribution < 1.29 is 4.74 Å². The maximum absolute atomic E-state index is 5.22. The molecule has 0 amide bonds. The van der Waals surface area contributed by atoms with E-state index in [9.17, 15) is 0 Å². The number of methoxy groups -OCH3 is 1. The minimum absolute atomic E-state index is 0.936. The third-order valence-electron chi connectivity index (χ3n) is 2.80. The van der Waals surface area contributed by atoms with Gasteiger partial charge in [0.2, 0.25) is 0 Å². The molecule has 1 N–H and O–H groups in total. The molecule has 0 saturated carbocycles. The zero-order valence-corrected chi connectivity index (χ0v) is 11.2. The fourth-order valence-corrected chi connectivity index (χ4v) is 1.85. The summed E-state index contributed by atoms with van der Waals surface area (Å²) in [5.74, 6) is 0.936. The number of hydrogen-bond acceptors (Lipinski definition) is 3. The Labute approximate surface area is 105 Å². The normalized spacial score (nSPS) is 10.8. The summed E-state index contributed by atoms with van der Waals surface area (Å²) in [4.78, 5) is 2.35. The number of ether oxygens (including phenoxy) is 1. The number of benzene rings is 1. The predicted octanol–water partition coefficient (Wildman–Crippen LogP) is 2.13. The monoisotopic (exact) mass is 236 g/mol. The van der Waals surface area contributed by atoms with Gasteiger partial charge < -0.3 is 15.0 Å². The van der Waals surface area contributed by atoms with Gasteiger partial charge in [-0.15, -0.1) is 0 Å². The topological polar surface area (TPSA) is 24.5 Å². The summed E-state index contributed by atoms with van der Waals surface area (Å²) in [6, 6.07) is 8.27. The quantitative estimate of drug-likeness (QED) is 0.700. The number of hydrogen-bond donors (Lipinski definition) is 1. The molecule has 1 rings (SSSR count). The van der Waals surface area contributed by atoms with Gasteiger partial charge in [0.05, 0.1) is 7.11 Å². The fourth-order valence-electron chi connectivity index (χ4n) is 1.85. The predicted molar refractivity (Wildman–Crippen MR) is 72.5 cm³/mol. The molecule has 3 heteroatoms. The summed E-state index contributed by atoms with van der Waals surface area (Å²) in [6.07, 6.45) is 2.47. The van der Waals surface area contributed by atoms with E-state index in [0.717, 1.165) is 25.4 Å². The maximum Gasteiger partial charge on any atom is 0.119 e. The maximum atomic E-state index is 5.22. The molecule has 0 unspecified atom stereocenters. The lowest BCUT2D eigenvalue weighted by Gasteiger charge is -2.16. The Hall–Kier alpha value is -1.06. The van der Waals surface area contributed by atoms with Gasteiger partial charge in [0, 0.05) is 6.54 Å². The van der Waals surface area contributed by atoms with Crippen molar-refractivity contribution in [2.45, 2.75) is 19.4 Å². The largest absolute Gasteiger partial charge is 0.497 e. The van der Waals surface area contributed by atoms with Crippen molar-refractivity contribution in [3.63, 3.8) is 0 Å². The number of unbranched alkanes of at least 4 members (excludes halogenated alkanes) is 1. The molecule has 1 aromatic rings. The first-order chi connectivity index (χ1) is 8.26. The highest BCUT2D eigenvalue weighted by Gasteiger charge is 2.01. The average molecular weight is 236 g/mol. The second kappa shape index (κ2) is 8.09. The van der Waals surface area contributed by atoms with Crippen LogP contribution in [0.25, 0.3) is 0 Å². The number of rotatable bonds is 8. The van der Waals surface area contributed by atoms with E-state index in [4.69, 9.17) is 4.74 Å². The summed E-state index contributed by atoms with van der Waals surface area (Å²) >= 11 is 0. The van der Waals surface area contributed by atoms with Crippen molar-refractivity contribution in [2.24, 2.45) is 0 Å². The van der Waals surface area contributed by atoms with Gasteiger partial charge in [-0.1, -0.05) is 12.1 Å². The molecule has 0 spiro atoms. The zero-order chi connectivity index (χ0) is 12.5. The smallest absolute Gasteiger partial charge is 0.119 e. The third-order valence-corrected chi connectivity index (χ3v) is 2.80. The standard InChI is InChI=1S/C14H24N2O/c1-15-9-4-5-10-16(2)12-13-7-6-8-14(11-13)17-3/h6-8,11,15H,4-5,9-10,12H2,1-3H3. The molecule has 0 aliphatic carbocycles. The van der Waals surface area contributed by atoms with Gasteiger partial charge in [-0.05, 0) is 57.7 Å². The van der Waals surface area contributed by atoms with Crippen LogP contribution in [0.1, 0.15) is 18.4 Å².